The van der Waals surface area contributed by atoms with Crippen LogP contribution in [0.5, 0.6) is 5.75 Å². The first kappa shape index (κ1) is 20.6. The average molecular weight is 441 g/mol. The third kappa shape index (κ3) is 3.67. The lowest BCUT2D eigenvalue weighted by molar-refractivity contribution is 0.0787. The highest BCUT2D eigenvalue weighted by atomic mass is 16.3. The molecule has 9 nitrogen and oxygen atoms in total. The van der Waals surface area contributed by atoms with Crippen LogP contribution in [-0.2, 0) is 13.1 Å². The molecule has 0 fully saturated rings. The molecule has 0 bridgehead atoms. The van der Waals surface area contributed by atoms with E-state index in [1.165, 1.54) is 0 Å². The van der Waals surface area contributed by atoms with Crippen LogP contribution in [0.2, 0.25) is 0 Å². The smallest absolute Gasteiger partial charge is 0.254 e. The fourth-order valence-corrected chi connectivity index (χ4v) is 3.99. The van der Waals surface area contributed by atoms with Gasteiger partial charge in [-0.25, -0.2) is 4.98 Å². The molecular weight excluding hydrogens is 418 g/mol. The van der Waals surface area contributed by atoms with Gasteiger partial charge in [0.15, 0.2) is 0 Å². The molecule has 1 amide bonds. The fraction of sp³-hybridized carbons (Fsp3) is 0.208. The molecule has 4 heterocycles. The first-order valence-electron chi connectivity index (χ1n) is 10.6. The van der Waals surface area contributed by atoms with Gasteiger partial charge >= 0.3 is 0 Å². The molecule has 0 unspecified atom stereocenters. The van der Waals surface area contributed by atoms with E-state index < -0.39 is 0 Å². The monoisotopic (exact) mass is 441 g/mol. The largest absolute Gasteiger partial charge is 0.508 e. The second kappa shape index (κ2) is 8.01. The predicted molar refractivity (Wildman–Crippen MR) is 125 cm³/mol. The number of fused-ring (bicyclic) bond motifs is 2. The number of aryl methyl sites for hydroxylation is 1. The van der Waals surface area contributed by atoms with Gasteiger partial charge in [0.05, 0.1) is 40.4 Å². The molecule has 33 heavy (non-hydrogen) atoms. The maximum atomic E-state index is 13.6. The van der Waals surface area contributed by atoms with Gasteiger partial charge in [-0.1, -0.05) is 0 Å². The summed E-state index contributed by atoms with van der Waals surface area (Å²) < 4.78 is 1.91. The number of phenolic OH excluding ortho intramolecular Hbond substituents is 1. The minimum absolute atomic E-state index is 0.0748. The van der Waals surface area contributed by atoms with E-state index in [-0.39, 0.29) is 11.7 Å². The molecule has 2 N–H and O–H groups in total. The summed E-state index contributed by atoms with van der Waals surface area (Å²) in [6.45, 7) is 5.22. The van der Waals surface area contributed by atoms with Crippen molar-refractivity contribution in [1.82, 2.24) is 34.8 Å². The molecule has 0 saturated carbocycles. The summed E-state index contributed by atoms with van der Waals surface area (Å²) in [5, 5.41) is 22.9. The molecule has 166 valence electrons. The summed E-state index contributed by atoms with van der Waals surface area (Å²) in [5.41, 5.74) is 5.09. The Morgan fingerprint density at radius 3 is 2.79 bits per heavy atom. The zero-order valence-electron chi connectivity index (χ0n) is 18.6. The lowest BCUT2D eigenvalue weighted by Gasteiger charge is -2.19. The number of phenols is 1. The Hall–Kier alpha value is -4.27. The van der Waals surface area contributed by atoms with Crippen molar-refractivity contribution in [1.29, 1.82) is 0 Å². The Balaban J connectivity index is 1.58. The SMILES string of the molecule is CCn1ncc(CN(C)C(=O)c2cc(-c3cc4[nH]ncc4cn3)nc3ccc(O)cc23)c1C. The van der Waals surface area contributed by atoms with Gasteiger partial charge < -0.3 is 10.0 Å². The molecule has 5 rings (SSSR count). The third-order valence-electron chi connectivity index (χ3n) is 5.87. The van der Waals surface area contributed by atoms with Crippen LogP contribution in [0.25, 0.3) is 33.2 Å². The number of hydrogen-bond donors (Lipinski definition) is 2. The van der Waals surface area contributed by atoms with Crippen LogP contribution < -0.4 is 0 Å². The van der Waals surface area contributed by atoms with Crippen molar-refractivity contribution in [2.75, 3.05) is 7.05 Å². The first-order valence-corrected chi connectivity index (χ1v) is 10.6. The summed E-state index contributed by atoms with van der Waals surface area (Å²) in [7, 11) is 1.76. The maximum absolute atomic E-state index is 13.6. The molecule has 0 saturated heterocycles. The van der Waals surface area contributed by atoms with Crippen LogP contribution in [0.1, 0.15) is 28.5 Å². The van der Waals surface area contributed by atoms with Crippen molar-refractivity contribution in [3.63, 3.8) is 0 Å². The van der Waals surface area contributed by atoms with Crippen LogP contribution in [-0.4, -0.2) is 52.9 Å². The van der Waals surface area contributed by atoms with Crippen molar-refractivity contribution in [3.05, 3.63) is 65.7 Å². The van der Waals surface area contributed by atoms with E-state index in [2.05, 4.69) is 20.3 Å². The van der Waals surface area contributed by atoms with Gasteiger partial charge in [0, 0.05) is 48.4 Å². The maximum Gasteiger partial charge on any atom is 0.254 e. The van der Waals surface area contributed by atoms with Gasteiger partial charge in [-0.3, -0.25) is 19.6 Å². The minimum atomic E-state index is -0.180. The van der Waals surface area contributed by atoms with E-state index in [4.69, 9.17) is 4.98 Å². The second-order valence-electron chi connectivity index (χ2n) is 8.02. The standard InChI is InChI=1S/C24H23N7O2/c1-4-31-14(2)16(12-27-31)13-30(3)24(33)19-8-23(28-20-6-5-17(32)7-18(19)20)22-9-21-15(10-25-22)11-26-29-21/h5-12,32H,4,13H2,1-3H3,(H,26,29). The van der Waals surface area contributed by atoms with Crippen molar-refractivity contribution in [3.8, 4) is 17.1 Å². The summed E-state index contributed by atoms with van der Waals surface area (Å²) in [6, 6.07) is 8.42. The third-order valence-corrected chi connectivity index (χ3v) is 5.87. The van der Waals surface area contributed by atoms with E-state index in [0.717, 1.165) is 28.7 Å². The highest BCUT2D eigenvalue weighted by Gasteiger charge is 2.20. The highest BCUT2D eigenvalue weighted by Crippen LogP contribution is 2.28. The number of benzene rings is 1. The van der Waals surface area contributed by atoms with Gasteiger partial charge in [0.1, 0.15) is 5.75 Å². The molecule has 0 aliphatic rings. The number of pyridine rings is 2. The summed E-state index contributed by atoms with van der Waals surface area (Å²) in [6.07, 6.45) is 5.22. The quantitative estimate of drug-likeness (QED) is 0.430. The van der Waals surface area contributed by atoms with Crippen molar-refractivity contribution in [2.24, 2.45) is 0 Å². The number of H-pyrrole nitrogens is 1. The molecule has 4 aromatic heterocycles. The second-order valence-corrected chi connectivity index (χ2v) is 8.02. The number of amides is 1. The molecule has 0 aliphatic carbocycles. The minimum Gasteiger partial charge on any atom is -0.508 e. The van der Waals surface area contributed by atoms with Crippen LogP contribution >= 0.6 is 0 Å². The van der Waals surface area contributed by atoms with Crippen LogP contribution in [0.3, 0.4) is 0 Å². The Labute approximate surface area is 189 Å². The molecule has 0 spiro atoms. The molecule has 0 radical (unpaired) electrons. The molecule has 9 heteroatoms. The van der Waals surface area contributed by atoms with E-state index in [0.29, 0.717) is 34.4 Å². The molecule has 5 aromatic rings. The van der Waals surface area contributed by atoms with Crippen LogP contribution in [0.4, 0.5) is 0 Å². The lowest BCUT2D eigenvalue weighted by atomic mass is 10.0. The molecule has 1 aromatic carbocycles. The van der Waals surface area contributed by atoms with Gasteiger partial charge in [-0.05, 0) is 44.2 Å². The topological polar surface area (TPSA) is 113 Å². The predicted octanol–water partition coefficient (Wildman–Crippen LogP) is 3.68. The Morgan fingerprint density at radius 1 is 1.15 bits per heavy atom. The molecular formula is C24H23N7O2. The van der Waals surface area contributed by atoms with Gasteiger partial charge in [0.2, 0.25) is 0 Å². The number of aromatic hydroxyl groups is 1. The Kier molecular flexibility index (Phi) is 5.01. The zero-order chi connectivity index (χ0) is 23.1. The summed E-state index contributed by atoms with van der Waals surface area (Å²) in [4.78, 5) is 24.4. The van der Waals surface area contributed by atoms with Crippen LogP contribution in [0, 0.1) is 6.92 Å². The average Bonchev–Trinajstić information content (AvgIpc) is 3.43. The number of nitrogens with one attached hydrogen (secondary N) is 1. The summed E-state index contributed by atoms with van der Waals surface area (Å²) in [5.74, 6) is -0.105. The highest BCUT2D eigenvalue weighted by molar-refractivity contribution is 6.07. The number of nitrogens with zero attached hydrogens (tertiary/aromatic N) is 6. The van der Waals surface area contributed by atoms with Crippen molar-refractivity contribution >= 4 is 27.7 Å². The molecule has 0 atom stereocenters. The Bertz CT molecular complexity index is 1500. The number of aromatic amines is 1. The van der Waals surface area contributed by atoms with Gasteiger partial charge in [-0.2, -0.15) is 10.2 Å². The fourth-order valence-electron chi connectivity index (χ4n) is 3.99. The summed E-state index contributed by atoms with van der Waals surface area (Å²) >= 11 is 0. The number of carbonyl (C=O) groups excluding carboxylic acids is 1. The van der Waals surface area contributed by atoms with Crippen molar-refractivity contribution in [2.45, 2.75) is 26.9 Å². The lowest BCUT2D eigenvalue weighted by Crippen LogP contribution is -2.26. The van der Waals surface area contributed by atoms with Crippen molar-refractivity contribution < 1.29 is 9.90 Å². The normalized spacial score (nSPS) is 11.4. The number of hydrogen-bond acceptors (Lipinski definition) is 6. The van der Waals surface area contributed by atoms with Gasteiger partial charge in [-0.15, -0.1) is 0 Å². The van der Waals surface area contributed by atoms with Crippen LogP contribution in [0.15, 0.2) is 48.9 Å². The van der Waals surface area contributed by atoms with Gasteiger partial charge in [0.25, 0.3) is 5.91 Å². The number of aromatic nitrogens is 6. The number of rotatable bonds is 5. The first-order chi connectivity index (χ1) is 15.9. The Morgan fingerprint density at radius 2 is 2.00 bits per heavy atom. The van der Waals surface area contributed by atoms with E-state index in [1.807, 2.05) is 24.6 Å². The van der Waals surface area contributed by atoms with E-state index in [9.17, 15) is 9.90 Å². The molecule has 0 aliphatic heterocycles. The van der Waals surface area contributed by atoms with E-state index >= 15 is 0 Å². The van der Waals surface area contributed by atoms with E-state index in [1.54, 1.807) is 54.8 Å². The number of carbonyl (C=O) groups is 1. The zero-order valence-corrected chi connectivity index (χ0v) is 18.6.